The minimum absolute atomic E-state index is 0.211. The van der Waals surface area contributed by atoms with Crippen molar-refractivity contribution in [1.82, 2.24) is 9.80 Å². The molecule has 18 heavy (non-hydrogen) atoms. The van der Waals surface area contributed by atoms with Crippen LogP contribution in [0.15, 0.2) is 0 Å². The van der Waals surface area contributed by atoms with Gasteiger partial charge in [0.15, 0.2) is 0 Å². The molecule has 0 aromatic carbocycles. The monoisotopic (exact) mass is 278 g/mol. The van der Waals surface area contributed by atoms with Gasteiger partial charge < -0.3 is 4.90 Å². The second-order valence-corrected chi connectivity index (χ2v) is 4.28. The predicted molar refractivity (Wildman–Crippen MR) is 49.7 cm³/mol. The first-order chi connectivity index (χ1) is 7.94. The highest BCUT2D eigenvalue weighted by molar-refractivity contribution is 5.82. The SMILES string of the molecule is CC1CN(C(=O)C(F)(F)F)CC(C(F)(F)F)N1C. The molecule has 3 nitrogen and oxygen atoms in total. The summed E-state index contributed by atoms with van der Waals surface area (Å²) < 4.78 is 74.5. The number of hydrogen-bond acceptors (Lipinski definition) is 2. The Morgan fingerprint density at radius 3 is 2.00 bits per heavy atom. The zero-order valence-corrected chi connectivity index (χ0v) is 9.64. The van der Waals surface area contributed by atoms with Crippen molar-refractivity contribution in [2.24, 2.45) is 0 Å². The largest absolute Gasteiger partial charge is 0.471 e. The van der Waals surface area contributed by atoms with E-state index in [0.29, 0.717) is 0 Å². The Balaban J connectivity index is 2.90. The molecule has 2 unspecified atom stereocenters. The van der Waals surface area contributed by atoms with Gasteiger partial charge in [-0.25, -0.2) is 0 Å². The molecule has 0 aromatic rings. The zero-order valence-electron chi connectivity index (χ0n) is 9.64. The van der Waals surface area contributed by atoms with E-state index in [-0.39, 0.29) is 11.4 Å². The minimum atomic E-state index is -5.15. The van der Waals surface area contributed by atoms with Gasteiger partial charge in [0.05, 0.1) is 0 Å². The number of alkyl halides is 6. The highest BCUT2D eigenvalue weighted by Crippen LogP contribution is 2.30. The third kappa shape index (κ3) is 3.06. The van der Waals surface area contributed by atoms with Crippen LogP contribution in [0.3, 0.4) is 0 Å². The molecular formula is C9H12F6N2O. The second-order valence-electron chi connectivity index (χ2n) is 4.28. The summed E-state index contributed by atoms with van der Waals surface area (Å²) in [7, 11) is 1.18. The predicted octanol–water partition coefficient (Wildman–Crippen LogP) is 1.64. The molecule has 2 atom stereocenters. The average Bonchev–Trinajstić information content (AvgIpc) is 2.17. The van der Waals surface area contributed by atoms with E-state index in [2.05, 4.69) is 0 Å². The average molecular weight is 278 g/mol. The van der Waals surface area contributed by atoms with E-state index in [9.17, 15) is 31.1 Å². The topological polar surface area (TPSA) is 23.6 Å². The molecule has 0 radical (unpaired) electrons. The molecule has 9 heteroatoms. The van der Waals surface area contributed by atoms with Crippen LogP contribution in [0.4, 0.5) is 26.3 Å². The van der Waals surface area contributed by atoms with Crippen LogP contribution in [-0.4, -0.2) is 60.3 Å². The van der Waals surface area contributed by atoms with E-state index in [0.717, 1.165) is 4.90 Å². The van der Waals surface area contributed by atoms with Gasteiger partial charge in [-0.15, -0.1) is 0 Å². The minimum Gasteiger partial charge on any atom is -0.331 e. The van der Waals surface area contributed by atoms with Crippen LogP contribution >= 0.6 is 0 Å². The number of piperazine rings is 1. The summed E-state index contributed by atoms with van der Waals surface area (Å²) in [5.74, 6) is -2.23. The van der Waals surface area contributed by atoms with Gasteiger partial charge in [0.25, 0.3) is 0 Å². The lowest BCUT2D eigenvalue weighted by Gasteiger charge is -2.44. The normalized spacial score (nSPS) is 27.4. The molecule has 0 bridgehead atoms. The maximum atomic E-state index is 12.6. The number of carbonyl (C=O) groups excluding carboxylic acids is 1. The lowest BCUT2D eigenvalue weighted by molar-refractivity contribution is -0.213. The molecule has 1 fully saturated rings. The molecule has 0 spiro atoms. The van der Waals surface area contributed by atoms with Crippen molar-refractivity contribution in [3.8, 4) is 0 Å². The summed E-state index contributed by atoms with van der Waals surface area (Å²) in [5.41, 5.74) is 0. The summed E-state index contributed by atoms with van der Waals surface area (Å²) in [4.78, 5) is 12.1. The van der Waals surface area contributed by atoms with Gasteiger partial charge in [-0.2, -0.15) is 26.3 Å². The van der Waals surface area contributed by atoms with Gasteiger partial charge >= 0.3 is 18.3 Å². The van der Waals surface area contributed by atoms with Crippen molar-refractivity contribution in [3.05, 3.63) is 0 Å². The molecular weight excluding hydrogens is 266 g/mol. The van der Waals surface area contributed by atoms with Gasteiger partial charge in [-0.1, -0.05) is 0 Å². The van der Waals surface area contributed by atoms with Crippen LogP contribution in [-0.2, 0) is 4.79 Å². The number of halogens is 6. The van der Waals surface area contributed by atoms with Crippen LogP contribution in [0.25, 0.3) is 0 Å². The smallest absolute Gasteiger partial charge is 0.331 e. The van der Waals surface area contributed by atoms with Crippen LogP contribution in [0.2, 0.25) is 0 Å². The van der Waals surface area contributed by atoms with Crippen LogP contribution in [0.1, 0.15) is 6.92 Å². The second kappa shape index (κ2) is 4.60. The molecule has 1 aliphatic heterocycles. The van der Waals surface area contributed by atoms with Gasteiger partial charge in [0.1, 0.15) is 6.04 Å². The van der Waals surface area contributed by atoms with E-state index < -0.39 is 36.9 Å². The summed E-state index contributed by atoms with van der Waals surface area (Å²) in [6.45, 7) is -0.0291. The van der Waals surface area contributed by atoms with Crippen molar-refractivity contribution < 1.29 is 31.1 Å². The van der Waals surface area contributed by atoms with E-state index in [1.165, 1.54) is 14.0 Å². The van der Waals surface area contributed by atoms with Crippen molar-refractivity contribution in [2.75, 3.05) is 20.1 Å². The molecule has 0 aliphatic carbocycles. The highest BCUT2D eigenvalue weighted by atomic mass is 19.4. The Morgan fingerprint density at radius 2 is 1.61 bits per heavy atom. The molecule has 1 aliphatic rings. The number of likely N-dealkylation sites (N-methyl/N-ethyl adjacent to an activating group) is 1. The number of amides is 1. The fraction of sp³-hybridized carbons (Fsp3) is 0.889. The van der Waals surface area contributed by atoms with E-state index >= 15 is 0 Å². The van der Waals surface area contributed by atoms with E-state index in [1.54, 1.807) is 0 Å². The van der Waals surface area contributed by atoms with Crippen LogP contribution < -0.4 is 0 Å². The van der Waals surface area contributed by atoms with E-state index in [1.807, 2.05) is 0 Å². The lowest BCUT2D eigenvalue weighted by atomic mass is 10.1. The first-order valence-corrected chi connectivity index (χ1v) is 5.09. The zero-order chi connectivity index (χ0) is 14.3. The third-order valence-electron chi connectivity index (χ3n) is 2.97. The Kier molecular flexibility index (Phi) is 3.85. The van der Waals surface area contributed by atoms with E-state index in [4.69, 9.17) is 0 Å². The Bertz CT molecular complexity index is 326. The van der Waals surface area contributed by atoms with Gasteiger partial charge in [-0.05, 0) is 14.0 Å². The third-order valence-corrected chi connectivity index (χ3v) is 2.97. The number of nitrogens with zero attached hydrogens (tertiary/aromatic N) is 2. The number of rotatable bonds is 0. The van der Waals surface area contributed by atoms with Crippen molar-refractivity contribution >= 4 is 5.91 Å². The molecule has 0 aromatic heterocycles. The van der Waals surface area contributed by atoms with Crippen LogP contribution in [0, 0.1) is 0 Å². The summed E-state index contributed by atoms with van der Waals surface area (Å²) in [6.07, 6.45) is -9.82. The molecule has 1 heterocycles. The quantitative estimate of drug-likeness (QED) is 0.629. The van der Waals surface area contributed by atoms with Crippen LogP contribution in [0.5, 0.6) is 0 Å². The van der Waals surface area contributed by atoms with Crippen molar-refractivity contribution in [1.29, 1.82) is 0 Å². The molecule has 106 valence electrons. The van der Waals surface area contributed by atoms with Gasteiger partial charge in [-0.3, -0.25) is 9.69 Å². The number of carbonyl (C=O) groups is 1. The fourth-order valence-corrected chi connectivity index (χ4v) is 1.85. The first-order valence-electron chi connectivity index (χ1n) is 5.09. The summed E-state index contributed by atoms with van der Waals surface area (Å²) in [6, 6.07) is -2.87. The lowest BCUT2D eigenvalue weighted by Crippen LogP contribution is -2.63. The maximum absolute atomic E-state index is 12.6. The molecule has 0 saturated carbocycles. The summed E-state index contributed by atoms with van der Waals surface area (Å²) >= 11 is 0. The fourth-order valence-electron chi connectivity index (χ4n) is 1.85. The standard InChI is InChI=1S/C9H12F6N2O/c1-5-3-17(7(18)9(13,14)15)4-6(16(5)2)8(10,11)12/h5-6H,3-4H2,1-2H3. The Hall–Kier alpha value is -0.990. The maximum Gasteiger partial charge on any atom is 0.471 e. The van der Waals surface area contributed by atoms with Gasteiger partial charge in [0, 0.05) is 19.1 Å². The Labute approximate surface area is 99.3 Å². The molecule has 1 saturated heterocycles. The highest BCUT2D eigenvalue weighted by Gasteiger charge is 2.51. The summed E-state index contributed by atoms with van der Waals surface area (Å²) in [5, 5.41) is 0. The molecule has 1 rings (SSSR count). The molecule has 1 amide bonds. The first kappa shape index (κ1) is 15.1. The van der Waals surface area contributed by atoms with Crippen molar-refractivity contribution in [2.45, 2.75) is 31.4 Å². The molecule has 0 N–H and O–H groups in total. The van der Waals surface area contributed by atoms with Crippen molar-refractivity contribution in [3.63, 3.8) is 0 Å². The number of hydrogen-bond donors (Lipinski definition) is 0. The Morgan fingerprint density at radius 1 is 1.11 bits per heavy atom. The van der Waals surface area contributed by atoms with Gasteiger partial charge in [0.2, 0.25) is 0 Å².